The minimum atomic E-state index is -4.55. The van der Waals surface area contributed by atoms with E-state index in [1.165, 1.54) is 23.5 Å². The SMILES string of the molecule is Cc1ncsc1C(C)Nc1ccc(C#N)c(C(F)(F)F)c1. The zero-order valence-corrected chi connectivity index (χ0v) is 12.1. The molecule has 0 aliphatic heterocycles. The minimum Gasteiger partial charge on any atom is -0.378 e. The van der Waals surface area contributed by atoms with Crippen LogP contribution in [0.2, 0.25) is 0 Å². The number of nitriles is 1. The number of nitrogens with one attached hydrogen (secondary N) is 1. The molecule has 1 atom stereocenters. The van der Waals surface area contributed by atoms with E-state index >= 15 is 0 Å². The second-order valence-electron chi connectivity index (χ2n) is 4.54. The summed E-state index contributed by atoms with van der Waals surface area (Å²) >= 11 is 1.45. The van der Waals surface area contributed by atoms with Gasteiger partial charge in [0.05, 0.1) is 34.4 Å². The van der Waals surface area contributed by atoms with Crippen molar-refractivity contribution in [3.8, 4) is 6.07 Å². The van der Waals surface area contributed by atoms with Crippen LogP contribution in [0.25, 0.3) is 0 Å². The predicted octanol–water partition coefficient (Wildman–Crippen LogP) is 4.52. The number of alkyl halides is 3. The summed E-state index contributed by atoms with van der Waals surface area (Å²) in [5.74, 6) is 0. The van der Waals surface area contributed by atoms with Gasteiger partial charge in [-0.05, 0) is 32.0 Å². The fourth-order valence-corrected chi connectivity index (χ4v) is 2.82. The highest BCUT2D eigenvalue weighted by atomic mass is 32.1. The molecule has 1 aromatic heterocycles. The molecule has 0 aliphatic carbocycles. The number of thiazole rings is 1. The van der Waals surface area contributed by atoms with Gasteiger partial charge in [0.15, 0.2) is 0 Å². The number of aromatic nitrogens is 1. The third-order valence-corrected chi connectivity index (χ3v) is 4.12. The summed E-state index contributed by atoms with van der Waals surface area (Å²) in [4.78, 5) is 5.08. The van der Waals surface area contributed by atoms with Crippen molar-refractivity contribution in [1.29, 1.82) is 5.26 Å². The lowest BCUT2D eigenvalue weighted by Crippen LogP contribution is -2.11. The Morgan fingerprint density at radius 3 is 2.62 bits per heavy atom. The Kier molecular flexibility index (Phi) is 4.19. The Morgan fingerprint density at radius 1 is 1.38 bits per heavy atom. The molecular weight excluding hydrogens is 299 g/mol. The maximum atomic E-state index is 12.9. The van der Waals surface area contributed by atoms with Crippen LogP contribution in [0.4, 0.5) is 18.9 Å². The van der Waals surface area contributed by atoms with E-state index in [9.17, 15) is 13.2 Å². The van der Waals surface area contributed by atoms with E-state index in [1.54, 1.807) is 11.6 Å². The highest BCUT2D eigenvalue weighted by Gasteiger charge is 2.34. The van der Waals surface area contributed by atoms with Gasteiger partial charge in [-0.2, -0.15) is 18.4 Å². The number of halogens is 3. The molecule has 0 saturated carbocycles. The number of anilines is 1. The van der Waals surface area contributed by atoms with Gasteiger partial charge in [0, 0.05) is 10.6 Å². The summed E-state index contributed by atoms with van der Waals surface area (Å²) in [7, 11) is 0. The number of aryl methyl sites for hydroxylation is 1. The van der Waals surface area contributed by atoms with Crippen molar-refractivity contribution < 1.29 is 13.2 Å². The first-order chi connectivity index (χ1) is 9.82. The molecule has 2 rings (SSSR count). The summed E-state index contributed by atoms with van der Waals surface area (Å²) < 4.78 is 38.7. The van der Waals surface area contributed by atoms with E-state index in [-0.39, 0.29) is 11.6 Å². The van der Waals surface area contributed by atoms with Gasteiger partial charge in [-0.15, -0.1) is 11.3 Å². The van der Waals surface area contributed by atoms with Gasteiger partial charge in [0.25, 0.3) is 0 Å². The third-order valence-electron chi connectivity index (χ3n) is 3.00. The number of benzene rings is 1. The summed E-state index contributed by atoms with van der Waals surface area (Å²) in [5.41, 5.74) is 1.56. The van der Waals surface area contributed by atoms with Crippen LogP contribution in [0.15, 0.2) is 23.7 Å². The van der Waals surface area contributed by atoms with Crippen LogP contribution in [0, 0.1) is 18.3 Å². The molecule has 1 N–H and O–H groups in total. The molecule has 0 spiro atoms. The van der Waals surface area contributed by atoms with Gasteiger partial charge < -0.3 is 5.32 Å². The second kappa shape index (κ2) is 5.74. The average molecular weight is 311 g/mol. The van der Waals surface area contributed by atoms with E-state index in [1.807, 2.05) is 13.8 Å². The zero-order chi connectivity index (χ0) is 15.6. The first kappa shape index (κ1) is 15.3. The van der Waals surface area contributed by atoms with E-state index in [2.05, 4.69) is 10.3 Å². The number of hydrogen-bond donors (Lipinski definition) is 1. The molecule has 1 aromatic carbocycles. The highest BCUT2D eigenvalue weighted by Crippen LogP contribution is 2.34. The molecule has 110 valence electrons. The normalized spacial score (nSPS) is 12.8. The third kappa shape index (κ3) is 3.34. The van der Waals surface area contributed by atoms with Crippen LogP contribution in [0.3, 0.4) is 0 Å². The fraction of sp³-hybridized carbons (Fsp3) is 0.286. The molecule has 0 saturated heterocycles. The lowest BCUT2D eigenvalue weighted by Gasteiger charge is -2.16. The Hall–Kier alpha value is -2.07. The summed E-state index contributed by atoms with van der Waals surface area (Å²) in [6, 6.07) is 5.02. The first-order valence-electron chi connectivity index (χ1n) is 6.10. The molecule has 2 aromatic rings. The van der Waals surface area contributed by atoms with Crippen LogP contribution in [0.5, 0.6) is 0 Å². The van der Waals surface area contributed by atoms with Crippen LogP contribution < -0.4 is 5.32 Å². The van der Waals surface area contributed by atoms with Crippen molar-refractivity contribution in [3.63, 3.8) is 0 Å². The molecule has 0 fully saturated rings. The molecule has 0 bridgehead atoms. The number of hydrogen-bond acceptors (Lipinski definition) is 4. The van der Waals surface area contributed by atoms with E-state index in [4.69, 9.17) is 5.26 Å². The average Bonchev–Trinajstić information content (AvgIpc) is 2.84. The van der Waals surface area contributed by atoms with Gasteiger partial charge >= 0.3 is 6.18 Å². The van der Waals surface area contributed by atoms with Crippen molar-refractivity contribution in [1.82, 2.24) is 4.98 Å². The van der Waals surface area contributed by atoms with Crippen LogP contribution in [-0.2, 0) is 6.18 Å². The van der Waals surface area contributed by atoms with Gasteiger partial charge in [-0.25, -0.2) is 4.98 Å². The molecule has 0 aliphatic rings. The Morgan fingerprint density at radius 2 is 2.10 bits per heavy atom. The topological polar surface area (TPSA) is 48.7 Å². The lowest BCUT2D eigenvalue weighted by molar-refractivity contribution is -0.137. The predicted molar refractivity (Wildman–Crippen MR) is 75.0 cm³/mol. The quantitative estimate of drug-likeness (QED) is 0.907. The molecular formula is C14H12F3N3S. The van der Waals surface area contributed by atoms with Gasteiger partial charge in [0.2, 0.25) is 0 Å². The Balaban J connectivity index is 2.30. The second-order valence-corrected chi connectivity index (χ2v) is 5.42. The monoisotopic (exact) mass is 311 g/mol. The molecule has 0 amide bonds. The Bertz CT molecular complexity index is 686. The maximum absolute atomic E-state index is 12.9. The largest absolute Gasteiger partial charge is 0.417 e. The molecule has 1 unspecified atom stereocenters. The van der Waals surface area contributed by atoms with Crippen LogP contribution in [0.1, 0.15) is 34.7 Å². The highest BCUT2D eigenvalue weighted by molar-refractivity contribution is 7.09. The number of nitrogens with zero attached hydrogens (tertiary/aromatic N) is 2. The number of rotatable bonds is 3. The van der Waals surface area contributed by atoms with Crippen molar-refractivity contribution in [2.24, 2.45) is 0 Å². The minimum absolute atomic E-state index is 0.161. The van der Waals surface area contributed by atoms with E-state index < -0.39 is 11.7 Å². The lowest BCUT2D eigenvalue weighted by atomic mass is 10.1. The summed E-state index contributed by atoms with van der Waals surface area (Å²) in [6.07, 6.45) is -4.55. The molecule has 1 heterocycles. The summed E-state index contributed by atoms with van der Waals surface area (Å²) in [5, 5.41) is 11.8. The van der Waals surface area contributed by atoms with E-state index in [0.717, 1.165) is 16.6 Å². The molecule has 7 heteroatoms. The van der Waals surface area contributed by atoms with Crippen LogP contribution >= 0.6 is 11.3 Å². The van der Waals surface area contributed by atoms with E-state index in [0.29, 0.717) is 5.69 Å². The van der Waals surface area contributed by atoms with Gasteiger partial charge in [0.1, 0.15) is 0 Å². The van der Waals surface area contributed by atoms with Crippen LogP contribution in [-0.4, -0.2) is 4.98 Å². The van der Waals surface area contributed by atoms with Crippen molar-refractivity contribution in [2.45, 2.75) is 26.1 Å². The first-order valence-corrected chi connectivity index (χ1v) is 6.98. The summed E-state index contributed by atoms with van der Waals surface area (Å²) in [6.45, 7) is 3.70. The smallest absolute Gasteiger partial charge is 0.378 e. The van der Waals surface area contributed by atoms with Crippen molar-refractivity contribution in [3.05, 3.63) is 45.4 Å². The zero-order valence-electron chi connectivity index (χ0n) is 11.3. The van der Waals surface area contributed by atoms with Gasteiger partial charge in [-0.1, -0.05) is 0 Å². The van der Waals surface area contributed by atoms with Gasteiger partial charge in [-0.3, -0.25) is 0 Å². The standard InChI is InChI=1S/C14H12F3N3S/c1-8-13(21-7-19-8)9(2)20-11-4-3-10(6-18)12(5-11)14(15,16)17/h3-5,7,9,20H,1-2H3. The molecule has 0 radical (unpaired) electrons. The fourth-order valence-electron chi connectivity index (χ4n) is 2.01. The molecule has 21 heavy (non-hydrogen) atoms. The molecule has 3 nitrogen and oxygen atoms in total. The van der Waals surface area contributed by atoms with Crippen molar-refractivity contribution >= 4 is 17.0 Å². The maximum Gasteiger partial charge on any atom is 0.417 e. The van der Waals surface area contributed by atoms with Crippen molar-refractivity contribution in [2.75, 3.05) is 5.32 Å². The Labute approximate surface area is 124 Å².